The minimum atomic E-state index is -1.61. The van der Waals surface area contributed by atoms with Crippen molar-refractivity contribution in [2.75, 3.05) is 21.3 Å². The van der Waals surface area contributed by atoms with Gasteiger partial charge in [0.05, 0.1) is 21.3 Å². The number of ketones is 1. The molecule has 7 heteroatoms. The second kappa shape index (κ2) is 5.81. The Kier molecular flexibility index (Phi) is 4.63. The van der Waals surface area contributed by atoms with E-state index in [0.717, 1.165) is 21.3 Å². The average Bonchev–Trinajstić information content (AvgIpc) is 2.45. The fourth-order valence-corrected chi connectivity index (χ4v) is 2.28. The average molecular weight is 272 g/mol. The van der Waals surface area contributed by atoms with Crippen LogP contribution in [0.1, 0.15) is 19.3 Å². The molecular weight excluding hydrogens is 256 g/mol. The van der Waals surface area contributed by atoms with Crippen LogP contribution < -0.4 is 0 Å². The smallest absolute Gasteiger partial charge is 0.323 e. The first-order valence-corrected chi connectivity index (χ1v) is 5.70. The molecule has 1 aliphatic rings. The standard InChI is InChI=1S/C12H16O7/c1-17-9(14)7-6-12(10(15)18-2,11(16)19-3)5-4-8(7)13/h7H,4-6H2,1-3H3/t7-/m1/s1. The fraction of sp³-hybridized carbons (Fsp3) is 0.667. The van der Waals surface area contributed by atoms with Crippen molar-refractivity contribution in [1.82, 2.24) is 0 Å². The van der Waals surface area contributed by atoms with E-state index < -0.39 is 29.2 Å². The maximum absolute atomic E-state index is 11.9. The Balaban J connectivity index is 3.13. The molecule has 0 aromatic heterocycles. The number of esters is 3. The SMILES string of the molecule is COC(=O)[C@@H]1CC(C(=O)OC)(C(=O)OC)CCC1=O. The van der Waals surface area contributed by atoms with Gasteiger partial charge in [-0.1, -0.05) is 0 Å². The second-order valence-electron chi connectivity index (χ2n) is 4.31. The number of ether oxygens (including phenoxy) is 3. The fourth-order valence-electron chi connectivity index (χ4n) is 2.28. The van der Waals surface area contributed by atoms with Gasteiger partial charge in [-0.3, -0.25) is 19.2 Å². The van der Waals surface area contributed by atoms with Crippen LogP contribution in [-0.4, -0.2) is 45.0 Å². The van der Waals surface area contributed by atoms with Crippen LogP contribution in [0, 0.1) is 11.3 Å². The van der Waals surface area contributed by atoms with E-state index in [1.807, 2.05) is 0 Å². The van der Waals surface area contributed by atoms with Crippen LogP contribution in [0.3, 0.4) is 0 Å². The molecule has 0 spiro atoms. The van der Waals surface area contributed by atoms with Crippen LogP contribution >= 0.6 is 0 Å². The molecule has 0 saturated heterocycles. The largest absolute Gasteiger partial charge is 0.468 e. The van der Waals surface area contributed by atoms with Gasteiger partial charge in [0.15, 0.2) is 5.41 Å². The van der Waals surface area contributed by atoms with Crippen LogP contribution in [0.25, 0.3) is 0 Å². The van der Waals surface area contributed by atoms with Gasteiger partial charge in [0.25, 0.3) is 0 Å². The zero-order valence-electron chi connectivity index (χ0n) is 11.1. The zero-order valence-corrected chi connectivity index (χ0v) is 11.1. The third kappa shape index (κ3) is 2.59. The molecule has 0 heterocycles. The van der Waals surface area contributed by atoms with Crippen molar-refractivity contribution in [3.63, 3.8) is 0 Å². The van der Waals surface area contributed by atoms with Gasteiger partial charge in [0, 0.05) is 6.42 Å². The number of methoxy groups -OCH3 is 3. The lowest BCUT2D eigenvalue weighted by Crippen LogP contribution is -2.49. The first kappa shape index (κ1) is 15.1. The number of carbonyl (C=O) groups is 4. The summed E-state index contributed by atoms with van der Waals surface area (Å²) in [6.45, 7) is 0. The highest BCUT2D eigenvalue weighted by atomic mass is 16.5. The molecule has 0 amide bonds. The van der Waals surface area contributed by atoms with E-state index in [2.05, 4.69) is 14.2 Å². The summed E-state index contributed by atoms with van der Waals surface area (Å²) in [6, 6.07) is 0. The van der Waals surface area contributed by atoms with Gasteiger partial charge in [-0.05, 0) is 12.8 Å². The van der Waals surface area contributed by atoms with Crippen molar-refractivity contribution in [3.8, 4) is 0 Å². The van der Waals surface area contributed by atoms with Crippen molar-refractivity contribution in [1.29, 1.82) is 0 Å². The van der Waals surface area contributed by atoms with Gasteiger partial charge in [0.2, 0.25) is 0 Å². The first-order chi connectivity index (χ1) is 8.92. The molecule has 1 rings (SSSR count). The highest BCUT2D eigenvalue weighted by Crippen LogP contribution is 2.40. The molecule has 0 unspecified atom stereocenters. The van der Waals surface area contributed by atoms with Gasteiger partial charge in [-0.25, -0.2) is 0 Å². The van der Waals surface area contributed by atoms with Crippen LogP contribution in [0.2, 0.25) is 0 Å². The molecule has 0 bridgehead atoms. The van der Waals surface area contributed by atoms with Crippen LogP contribution in [-0.2, 0) is 33.4 Å². The number of rotatable bonds is 3. The minimum Gasteiger partial charge on any atom is -0.468 e. The Hall–Kier alpha value is -1.92. The Morgan fingerprint density at radius 2 is 1.58 bits per heavy atom. The normalized spacial score (nSPS) is 21.4. The molecule has 0 aliphatic heterocycles. The molecule has 19 heavy (non-hydrogen) atoms. The van der Waals surface area contributed by atoms with Crippen molar-refractivity contribution in [2.24, 2.45) is 11.3 Å². The molecule has 0 aromatic carbocycles. The van der Waals surface area contributed by atoms with Crippen LogP contribution in [0.4, 0.5) is 0 Å². The predicted octanol–water partition coefficient (Wildman–Crippen LogP) is -0.139. The Morgan fingerprint density at radius 1 is 1.05 bits per heavy atom. The summed E-state index contributed by atoms with van der Waals surface area (Å²) in [4.78, 5) is 47.0. The summed E-state index contributed by atoms with van der Waals surface area (Å²) in [7, 11) is 3.41. The summed E-state index contributed by atoms with van der Waals surface area (Å²) in [5.74, 6) is -3.87. The van der Waals surface area contributed by atoms with Crippen molar-refractivity contribution < 1.29 is 33.4 Å². The van der Waals surface area contributed by atoms with Crippen LogP contribution in [0.5, 0.6) is 0 Å². The van der Waals surface area contributed by atoms with Crippen molar-refractivity contribution in [3.05, 3.63) is 0 Å². The molecule has 0 radical (unpaired) electrons. The summed E-state index contributed by atoms with van der Waals surface area (Å²) in [6.07, 6.45) is -0.388. The third-order valence-corrected chi connectivity index (χ3v) is 3.38. The lowest BCUT2D eigenvalue weighted by molar-refractivity contribution is -0.175. The molecular formula is C12H16O7. The summed E-state index contributed by atoms with van der Waals surface area (Å²) in [5, 5.41) is 0. The summed E-state index contributed by atoms with van der Waals surface area (Å²) in [5.41, 5.74) is -1.61. The zero-order chi connectivity index (χ0) is 14.6. The Morgan fingerprint density at radius 3 is 2.00 bits per heavy atom. The van der Waals surface area contributed by atoms with Crippen molar-refractivity contribution in [2.45, 2.75) is 19.3 Å². The number of hydrogen-bond acceptors (Lipinski definition) is 7. The van der Waals surface area contributed by atoms with Crippen LogP contribution in [0.15, 0.2) is 0 Å². The van der Waals surface area contributed by atoms with E-state index in [-0.39, 0.29) is 25.0 Å². The highest BCUT2D eigenvalue weighted by molar-refractivity contribution is 6.06. The second-order valence-corrected chi connectivity index (χ2v) is 4.31. The Bertz CT molecular complexity index is 388. The monoisotopic (exact) mass is 272 g/mol. The summed E-state index contributed by atoms with van der Waals surface area (Å²) >= 11 is 0. The van der Waals surface area contributed by atoms with Gasteiger partial charge in [-0.15, -0.1) is 0 Å². The molecule has 1 saturated carbocycles. The van der Waals surface area contributed by atoms with Gasteiger partial charge >= 0.3 is 17.9 Å². The van der Waals surface area contributed by atoms with Crippen molar-refractivity contribution >= 4 is 23.7 Å². The number of Topliss-reactive ketones (excluding diaryl/α,β-unsaturated/α-hetero) is 1. The third-order valence-electron chi connectivity index (χ3n) is 3.38. The number of hydrogen-bond donors (Lipinski definition) is 0. The number of carbonyl (C=O) groups excluding carboxylic acids is 4. The van der Waals surface area contributed by atoms with E-state index in [1.54, 1.807) is 0 Å². The predicted molar refractivity (Wildman–Crippen MR) is 60.8 cm³/mol. The highest BCUT2D eigenvalue weighted by Gasteiger charge is 2.55. The van der Waals surface area contributed by atoms with Gasteiger partial charge < -0.3 is 14.2 Å². The Labute approximate surface area is 110 Å². The molecule has 7 nitrogen and oxygen atoms in total. The van der Waals surface area contributed by atoms with E-state index in [0.29, 0.717) is 0 Å². The molecule has 0 aromatic rings. The van der Waals surface area contributed by atoms with Gasteiger partial charge in [0.1, 0.15) is 11.7 Å². The molecule has 1 fully saturated rings. The lowest BCUT2D eigenvalue weighted by atomic mass is 9.69. The quantitative estimate of drug-likeness (QED) is 0.401. The topological polar surface area (TPSA) is 96.0 Å². The molecule has 0 N–H and O–H groups in total. The van der Waals surface area contributed by atoms with E-state index >= 15 is 0 Å². The molecule has 1 atom stereocenters. The molecule has 106 valence electrons. The van der Waals surface area contributed by atoms with Gasteiger partial charge in [-0.2, -0.15) is 0 Å². The minimum absolute atomic E-state index is 0.0291. The van der Waals surface area contributed by atoms with E-state index in [4.69, 9.17) is 0 Å². The van der Waals surface area contributed by atoms with E-state index in [9.17, 15) is 19.2 Å². The maximum Gasteiger partial charge on any atom is 0.323 e. The van der Waals surface area contributed by atoms with E-state index in [1.165, 1.54) is 0 Å². The lowest BCUT2D eigenvalue weighted by Gasteiger charge is -2.34. The summed E-state index contributed by atoms with van der Waals surface area (Å²) < 4.78 is 13.7. The maximum atomic E-state index is 11.9. The molecule has 1 aliphatic carbocycles. The first-order valence-electron chi connectivity index (χ1n) is 5.70.